The third kappa shape index (κ3) is 8.23. The molecule has 0 atom stereocenters. The number of guanidine groups is 1. The van der Waals surface area contributed by atoms with Gasteiger partial charge in [-0.3, -0.25) is 9.89 Å². The zero-order valence-corrected chi connectivity index (χ0v) is 18.9. The Balaban J connectivity index is 0.00000312. The van der Waals surface area contributed by atoms with Crippen LogP contribution in [0.25, 0.3) is 0 Å². The van der Waals surface area contributed by atoms with Crippen LogP contribution >= 0.6 is 35.3 Å². The van der Waals surface area contributed by atoms with Gasteiger partial charge < -0.3 is 15.4 Å². The molecule has 1 fully saturated rings. The van der Waals surface area contributed by atoms with Crippen LogP contribution in [0.5, 0.6) is 0 Å². The maximum Gasteiger partial charge on any atom is 0.191 e. The summed E-state index contributed by atoms with van der Waals surface area (Å²) in [6.45, 7) is 14.2. The van der Waals surface area contributed by atoms with Crippen molar-refractivity contribution in [1.29, 1.82) is 0 Å². The zero-order chi connectivity index (χ0) is 17.3. The van der Waals surface area contributed by atoms with Crippen molar-refractivity contribution in [2.75, 3.05) is 52.5 Å². The van der Waals surface area contributed by atoms with Gasteiger partial charge >= 0.3 is 0 Å². The fourth-order valence-corrected chi connectivity index (χ4v) is 3.54. The van der Waals surface area contributed by atoms with Crippen molar-refractivity contribution in [3.05, 3.63) is 22.4 Å². The summed E-state index contributed by atoms with van der Waals surface area (Å²) in [4.78, 5) is 8.64. The Morgan fingerprint density at radius 1 is 1.32 bits per heavy atom. The van der Waals surface area contributed by atoms with Gasteiger partial charge in [-0.25, -0.2) is 0 Å². The molecule has 25 heavy (non-hydrogen) atoms. The normalized spacial score (nSPS) is 16.4. The number of ether oxygens (including phenoxy) is 1. The summed E-state index contributed by atoms with van der Waals surface area (Å²) in [6, 6.07) is 4.31. The Morgan fingerprint density at radius 3 is 2.72 bits per heavy atom. The number of hydrogen-bond acceptors (Lipinski definition) is 4. The summed E-state index contributed by atoms with van der Waals surface area (Å²) >= 11 is 1.81. The third-order valence-corrected chi connectivity index (χ3v) is 5.45. The number of thiophene rings is 1. The standard InChI is InChI=1S/C18H32N4OS.HI/c1-4-19-17(20-8-6-9-22-10-12-23-13-11-22)21-15-18(2,3)16-7-5-14-24-16;/h5,7,14H,4,6,8-13,15H2,1-3H3,(H2,19,20,21);1H. The lowest BCUT2D eigenvalue weighted by Gasteiger charge is -2.26. The Hall–Kier alpha value is -0.380. The van der Waals surface area contributed by atoms with E-state index >= 15 is 0 Å². The molecule has 1 aliphatic heterocycles. The molecule has 1 saturated heterocycles. The predicted octanol–water partition coefficient (Wildman–Crippen LogP) is 2.92. The van der Waals surface area contributed by atoms with Gasteiger partial charge in [0, 0.05) is 36.5 Å². The molecular weight excluding hydrogens is 447 g/mol. The molecule has 1 aromatic rings. The molecule has 1 aliphatic rings. The Bertz CT molecular complexity index is 487. The number of aliphatic imine (C=N–C) groups is 1. The summed E-state index contributed by atoms with van der Waals surface area (Å²) in [7, 11) is 0. The number of halogens is 1. The Morgan fingerprint density at radius 2 is 2.08 bits per heavy atom. The second-order valence-electron chi connectivity index (χ2n) is 6.79. The molecule has 1 aromatic heterocycles. The summed E-state index contributed by atoms with van der Waals surface area (Å²) in [5, 5.41) is 8.94. The van der Waals surface area contributed by atoms with Gasteiger partial charge in [0.1, 0.15) is 0 Å². The summed E-state index contributed by atoms with van der Waals surface area (Å²) < 4.78 is 5.39. The SMILES string of the molecule is CCNC(=NCC(C)(C)c1cccs1)NCCCN1CCOCC1.I. The van der Waals surface area contributed by atoms with Crippen molar-refractivity contribution >= 4 is 41.3 Å². The van der Waals surface area contributed by atoms with Crippen LogP contribution in [0.1, 0.15) is 32.1 Å². The molecule has 7 heteroatoms. The van der Waals surface area contributed by atoms with Crippen molar-refractivity contribution in [1.82, 2.24) is 15.5 Å². The van der Waals surface area contributed by atoms with Crippen LogP contribution in [0.4, 0.5) is 0 Å². The first-order chi connectivity index (χ1) is 11.6. The van der Waals surface area contributed by atoms with Gasteiger partial charge in [0.25, 0.3) is 0 Å². The summed E-state index contributed by atoms with van der Waals surface area (Å²) in [5.41, 5.74) is 0.0737. The van der Waals surface area contributed by atoms with Gasteiger partial charge in [-0.15, -0.1) is 35.3 Å². The molecule has 5 nitrogen and oxygen atoms in total. The number of morpholine rings is 1. The molecule has 0 amide bonds. The average Bonchev–Trinajstić information content (AvgIpc) is 3.13. The van der Waals surface area contributed by atoms with E-state index in [0.29, 0.717) is 0 Å². The van der Waals surface area contributed by atoms with E-state index < -0.39 is 0 Å². The van der Waals surface area contributed by atoms with Crippen molar-refractivity contribution in [2.45, 2.75) is 32.6 Å². The van der Waals surface area contributed by atoms with E-state index in [1.165, 1.54) is 4.88 Å². The second-order valence-corrected chi connectivity index (χ2v) is 7.74. The first-order valence-electron chi connectivity index (χ1n) is 8.98. The van der Waals surface area contributed by atoms with Gasteiger partial charge in [0.2, 0.25) is 0 Å². The molecule has 2 N–H and O–H groups in total. The Kier molecular flexibility index (Phi) is 11.0. The van der Waals surface area contributed by atoms with E-state index in [1.54, 1.807) is 11.3 Å². The summed E-state index contributed by atoms with van der Waals surface area (Å²) in [5.74, 6) is 0.920. The van der Waals surface area contributed by atoms with E-state index in [1.807, 2.05) is 0 Å². The van der Waals surface area contributed by atoms with Crippen molar-refractivity contribution in [2.24, 2.45) is 4.99 Å². The van der Waals surface area contributed by atoms with E-state index in [-0.39, 0.29) is 29.4 Å². The predicted molar refractivity (Wildman–Crippen MR) is 119 cm³/mol. The average molecular weight is 480 g/mol. The molecule has 0 radical (unpaired) electrons. The minimum Gasteiger partial charge on any atom is -0.379 e. The first kappa shape index (κ1) is 22.7. The van der Waals surface area contributed by atoms with Crippen LogP contribution in [0, 0.1) is 0 Å². The quantitative estimate of drug-likeness (QED) is 0.260. The van der Waals surface area contributed by atoms with Crippen LogP contribution in [0.15, 0.2) is 22.5 Å². The van der Waals surface area contributed by atoms with E-state index in [9.17, 15) is 0 Å². The molecule has 0 aliphatic carbocycles. The van der Waals surface area contributed by atoms with Crippen molar-refractivity contribution < 1.29 is 4.74 Å². The lowest BCUT2D eigenvalue weighted by Crippen LogP contribution is -2.41. The van der Waals surface area contributed by atoms with Crippen LogP contribution in [-0.2, 0) is 10.2 Å². The largest absolute Gasteiger partial charge is 0.379 e. The lowest BCUT2D eigenvalue weighted by molar-refractivity contribution is 0.0376. The van der Waals surface area contributed by atoms with Gasteiger partial charge in [-0.2, -0.15) is 0 Å². The highest BCUT2D eigenvalue weighted by molar-refractivity contribution is 14.0. The molecule has 0 saturated carbocycles. The zero-order valence-electron chi connectivity index (χ0n) is 15.7. The molecule has 0 bridgehead atoms. The fourth-order valence-electron chi connectivity index (χ4n) is 2.69. The molecule has 144 valence electrons. The number of rotatable bonds is 8. The van der Waals surface area contributed by atoms with Crippen molar-refractivity contribution in [3.63, 3.8) is 0 Å². The maximum absolute atomic E-state index is 5.39. The van der Waals surface area contributed by atoms with Crippen LogP contribution in [0.2, 0.25) is 0 Å². The van der Waals surface area contributed by atoms with E-state index in [4.69, 9.17) is 9.73 Å². The molecular formula is C18H33IN4OS. The highest BCUT2D eigenvalue weighted by Crippen LogP contribution is 2.27. The van der Waals surface area contributed by atoms with Crippen LogP contribution in [-0.4, -0.2) is 63.3 Å². The molecule has 0 unspecified atom stereocenters. The molecule has 0 aromatic carbocycles. The Labute approximate surface area is 173 Å². The smallest absolute Gasteiger partial charge is 0.191 e. The van der Waals surface area contributed by atoms with Gasteiger partial charge in [0.15, 0.2) is 5.96 Å². The second kappa shape index (κ2) is 12.1. The molecule has 2 rings (SSSR count). The molecule has 2 heterocycles. The van der Waals surface area contributed by atoms with Gasteiger partial charge in [-0.1, -0.05) is 19.9 Å². The maximum atomic E-state index is 5.39. The topological polar surface area (TPSA) is 48.9 Å². The first-order valence-corrected chi connectivity index (χ1v) is 9.86. The van der Waals surface area contributed by atoms with Gasteiger partial charge in [0.05, 0.1) is 19.8 Å². The lowest BCUT2D eigenvalue weighted by atomic mass is 9.92. The van der Waals surface area contributed by atoms with E-state index in [2.05, 4.69) is 53.8 Å². The third-order valence-electron chi connectivity index (χ3n) is 4.21. The number of nitrogens with zero attached hydrogens (tertiary/aromatic N) is 2. The van der Waals surface area contributed by atoms with Crippen LogP contribution < -0.4 is 10.6 Å². The molecule has 0 spiro atoms. The fraction of sp³-hybridized carbons (Fsp3) is 0.722. The van der Waals surface area contributed by atoms with Crippen molar-refractivity contribution in [3.8, 4) is 0 Å². The number of hydrogen-bond donors (Lipinski definition) is 2. The highest BCUT2D eigenvalue weighted by Gasteiger charge is 2.21. The monoisotopic (exact) mass is 480 g/mol. The number of nitrogens with one attached hydrogen (secondary N) is 2. The highest BCUT2D eigenvalue weighted by atomic mass is 127. The van der Waals surface area contributed by atoms with Crippen LogP contribution in [0.3, 0.4) is 0 Å². The minimum atomic E-state index is 0. The minimum absolute atomic E-state index is 0. The summed E-state index contributed by atoms with van der Waals surface area (Å²) in [6.07, 6.45) is 1.12. The van der Waals surface area contributed by atoms with E-state index in [0.717, 1.165) is 64.9 Å². The van der Waals surface area contributed by atoms with Gasteiger partial charge in [-0.05, 0) is 31.3 Å².